The molecule has 27 heavy (non-hydrogen) atoms. The summed E-state index contributed by atoms with van der Waals surface area (Å²) in [5, 5.41) is 7.66. The van der Waals surface area contributed by atoms with Crippen LogP contribution in [0.15, 0.2) is 66.0 Å². The summed E-state index contributed by atoms with van der Waals surface area (Å²) in [5.41, 5.74) is 3.73. The molecule has 1 aliphatic heterocycles. The van der Waals surface area contributed by atoms with Gasteiger partial charge in [0.15, 0.2) is 11.8 Å². The van der Waals surface area contributed by atoms with Gasteiger partial charge in [-0.2, -0.15) is 5.10 Å². The summed E-state index contributed by atoms with van der Waals surface area (Å²) in [4.78, 5) is 11.5. The van der Waals surface area contributed by atoms with Crippen molar-refractivity contribution in [2.75, 3.05) is 18.0 Å². The topological polar surface area (TPSA) is 58.3 Å². The molecule has 0 unspecified atom stereocenters. The molecule has 0 atom stereocenters. The lowest BCUT2D eigenvalue weighted by molar-refractivity contribution is 0.839. The largest absolute Gasteiger partial charge is 0.356 e. The van der Waals surface area contributed by atoms with Crippen LogP contribution in [-0.2, 0) is 13.0 Å². The Balaban J connectivity index is 0.00000210. The summed E-state index contributed by atoms with van der Waals surface area (Å²) in [6, 6.07) is 14.5. The second-order valence-electron chi connectivity index (χ2n) is 6.17. The van der Waals surface area contributed by atoms with E-state index in [0.29, 0.717) is 6.54 Å². The summed E-state index contributed by atoms with van der Waals surface area (Å²) < 4.78 is 1.76. The van der Waals surface area contributed by atoms with E-state index in [1.54, 1.807) is 17.1 Å². The van der Waals surface area contributed by atoms with Crippen molar-refractivity contribution in [1.29, 1.82) is 0 Å². The first-order valence-electron chi connectivity index (χ1n) is 8.94. The third kappa shape index (κ3) is 4.29. The zero-order valence-corrected chi connectivity index (χ0v) is 17.6. The molecule has 6 nitrogen and oxygen atoms in total. The van der Waals surface area contributed by atoms with E-state index >= 15 is 0 Å². The van der Waals surface area contributed by atoms with Gasteiger partial charge < -0.3 is 10.2 Å². The number of hydrogen-bond donors (Lipinski definition) is 1. The zero-order valence-electron chi connectivity index (χ0n) is 15.2. The maximum absolute atomic E-state index is 4.86. The van der Waals surface area contributed by atoms with Crippen LogP contribution in [0.25, 0.3) is 5.82 Å². The highest BCUT2D eigenvalue weighted by Crippen LogP contribution is 2.27. The molecule has 3 aromatic rings. The number of pyridine rings is 1. The number of aromatic nitrogens is 3. The van der Waals surface area contributed by atoms with Crippen LogP contribution < -0.4 is 10.2 Å². The molecule has 7 heteroatoms. The van der Waals surface area contributed by atoms with E-state index in [-0.39, 0.29) is 24.0 Å². The lowest BCUT2D eigenvalue weighted by atomic mass is 10.2. The maximum Gasteiger partial charge on any atom is 0.198 e. The van der Waals surface area contributed by atoms with Gasteiger partial charge >= 0.3 is 0 Å². The number of nitrogens with one attached hydrogen (secondary N) is 1. The molecule has 1 aromatic carbocycles. The Morgan fingerprint density at radius 1 is 1.19 bits per heavy atom. The van der Waals surface area contributed by atoms with Gasteiger partial charge in [0.05, 0.1) is 6.54 Å². The van der Waals surface area contributed by atoms with Gasteiger partial charge in [-0.1, -0.05) is 18.2 Å². The fourth-order valence-corrected chi connectivity index (χ4v) is 3.21. The molecule has 0 amide bonds. The number of para-hydroxylation sites is 1. The van der Waals surface area contributed by atoms with Crippen LogP contribution in [0.1, 0.15) is 18.1 Å². The molecule has 0 spiro atoms. The van der Waals surface area contributed by atoms with Crippen LogP contribution >= 0.6 is 24.0 Å². The average molecular weight is 474 g/mol. The van der Waals surface area contributed by atoms with Gasteiger partial charge in [-0.05, 0) is 48.7 Å². The summed E-state index contributed by atoms with van der Waals surface area (Å²) in [5.74, 6) is 1.73. The number of nitrogens with zero attached hydrogens (tertiary/aromatic N) is 5. The Morgan fingerprint density at radius 2 is 2.07 bits per heavy atom. The molecule has 140 valence electrons. The number of halogens is 1. The van der Waals surface area contributed by atoms with Crippen molar-refractivity contribution in [3.05, 3.63) is 72.2 Å². The third-order valence-electron chi connectivity index (χ3n) is 4.44. The molecule has 1 N–H and O–H groups in total. The summed E-state index contributed by atoms with van der Waals surface area (Å²) in [6.07, 6.45) is 6.50. The van der Waals surface area contributed by atoms with Crippen molar-refractivity contribution in [1.82, 2.24) is 20.1 Å². The van der Waals surface area contributed by atoms with E-state index in [1.807, 2.05) is 24.4 Å². The molecule has 0 saturated heterocycles. The minimum atomic E-state index is 0. The van der Waals surface area contributed by atoms with E-state index in [4.69, 9.17) is 4.99 Å². The molecule has 0 radical (unpaired) electrons. The molecular formula is C20H23IN6. The highest BCUT2D eigenvalue weighted by atomic mass is 127. The molecule has 1 aliphatic rings. The fraction of sp³-hybridized carbons (Fsp3) is 0.250. The number of benzene rings is 1. The Kier molecular flexibility index (Phi) is 6.44. The minimum Gasteiger partial charge on any atom is -0.356 e. The zero-order chi connectivity index (χ0) is 17.8. The van der Waals surface area contributed by atoms with Gasteiger partial charge in [0.25, 0.3) is 0 Å². The summed E-state index contributed by atoms with van der Waals surface area (Å²) >= 11 is 0. The number of fused-ring (bicyclic) bond motifs is 1. The summed E-state index contributed by atoms with van der Waals surface area (Å²) in [7, 11) is 0. The number of rotatable bonds is 4. The molecular weight excluding hydrogens is 451 g/mol. The number of anilines is 1. The molecule has 4 rings (SSSR count). The van der Waals surface area contributed by atoms with Gasteiger partial charge in [-0.25, -0.2) is 14.7 Å². The molecule has 0 bridgehead atoms. The van der Waals surface area contributed by atoms with Crippen molar-refractivity contribution in [2.24, 2.45) is 4.99 Å². The molecule has 0 aliphatic carbocycles. The van der Waals surface area contributed by atoms with Crippen molar-refractivity contribution < 1.29 is 0 Å². The smallest absolute Gasteiger partial charge is 0.198 e. The molecule has 3 heterocycles. The molecule has 0 saturated carbocycles. The van der Waals surface area contributed by atoms with Gasteiger partial charge in [-0.15, -0.1) is 24.0 Å². The monoisotopic (exact) mass is 474 g/mol. The van der Waals surface area contributed by atoms with Crippen LogP contribution in [0.5, 0.6) is 0 Å². The minimum absolute atomic E-state index is 0. The number of aliphatic imine (C=N–C) groups is 1. The van der Waals surface area contributed by atoms with E-state index < -0.39 is 0 Å². The number of hydrogen-bond acceptors (Lipinski definition) is 3. The summed E-state index contributed by atoms with van der Waals surface area (Å²) in [6.45, 7) is 4.49. The van der Waals surface area contributed by atoms with Gasteiger partial charge in [-0.3, -0.25) is 0 Å². The second kappa shape index (κ2) is 8.98. The van der Waals surface area contributed by atoms with Crippen molar-refractivity contribution in [2.45, 2.75) is 19.9 Å². The van der Waals surface area contributed by atoms with Crippen LogP contribution in [0, 0.1) is 0 Å². The van der Waals surface area contributed by atoms with E-state index in [9.17, 15) is 0 Å². The van der Waals surface area contributed by atoms with Crippen LogP contribution in [0.2, 0.25) is 0 Å². The van der Waals surface area contributed by atoms with Crippen LogP contribution in [0.4, 0.5) is 5.69 Å². The van der Waals surface area contributed by atoms with Gasteiger partial charge in [0.2, 0.25) is 0 Å². The van der Waals surface area contributed by atoms with Crippen molar-refractivity contribution >= 4 is 35.6 Å². The predicted octanol–water partition coefficient (Wildman–Crippen LogP) is 3.41. The number of guanidine groups is 1. The third-order valence-corrected chi connectivity index (χ3v) is 4.44. The van der Waals surface area contributed by atoms with E-state index in [1.165, 1.54) is 11.3 Å². The standard InChI is InChI=1S/C20H22N6.HI/c1-2-21-20(25-13-9-17-6-3-4-7-18(17)25)23-15-16-8-11-22-19(14-16)26-12-5-10-24-26;/h3-8,10-12,14H,2,9,13,15H2,1H3,(H,21,23);1H. The maximum atomic E-state index is 4.86. The molecule has 0 fully saturated rings. The predicted molar refractivity (Wildman–Crippen MR) is 119 cm³/mol. The van der Waals surface area contributed by atoms with E-state index in [0.717, 1.165) is 36.9 Å². The Bertz CT molecular complexity index is 906. The Labute approximate surface area is 176 Å². The lowest BCUT2D eigenvalue weighted by Gasteiger charge is -2.22. The SMILES string of the molecule is CCNC(=NCc1ccnc(-n2cccn2)c1)N1CCc2ccccc21.I. The highest BCUT2D eigenvalue weighted by molar-refractivity contribution is 14.0. The first-order valence-corrected chi connectivity index (χ1v) is 8.94. The van der Waals surface area contributed by atoms with Crippen molar-refractivity contribution in [3.8, 4) is 5.82 Å². The molecule has 2 aromatic heterocycles. The van der Waals surface area contributed by atoms with Crippen LogP contribution in [-0.4, -0.2) is 33.8 Å². The van der Waals surface area contributed by atoms with Crippen LogP contribution in [0.3, 0.4) is 0 Å². The van der Waals surface area contributed by atoms with Gasteiger partial charge in [0.1, 0.15) is 0 Å². The first-order chi connectivity index (χ1) is 12.8. The second-order valence-corrected chi connectivity index (χ2v) is 6.17. The van der Waals surface area contributed by atoms with E-state index in [2.05, 4.69) is 51.5 Å². The fourth-order valence-electron chi connectivity index (χ4n) is 3.21. The normalized spacial score (nSPS) is 13.2. The Hall–Kier alpha value is -2.42. The lowest BCUT2D eigenvalue weighted by Crippen LogP contribution is -2.40. The Morgan fingerprint density at radius 3 is 2.89 bits per heavy atom. The van der Waals surface area contributed by atoms with Crippen molar-refractivity contribution in [3.63, 3.8) is 0 Å². The van der Waals surface area contributed by atoms with Gasteiger partial charge in [0, 0.05) is 37.4 Å². The average Bonchev–Trinajstić information content (AvgIpc) is 3.35. The first kappa shape index (κ1) is 19.3. The highest BCUT2D eigenvalue weighted by Gasteiger charge is 2.22. The quantitative estimate of drug-likeness (QED) is 0.358.